The molecule has 0 bridgehead atoms. The van der Waals surface area contributed by atoms with E-state index in [1.165, 1.54) is 0 Å². The fraction of sp³-hybridized carbons (Fsp3) is 0. The average molecular weight is 365 g/mol. The van der Waals surface area contributed by atoms with E-state index in [0.717, 1.165) is 3.57 Å². The smallest absolute Gasteiger partial charge is 0.120 e. The standard InChI is InChI=1S/C5H2Br2IN/c6-3-1-2-9-5(7)4(3)8/h1-2H/i1D,2D. The van der Waals surface area contributed by atoms with Gasteiger partial charge in [-0.1, -0.05) is 0 Å². The number of rotatable bonds is 0. The molecule has 0 aliphatic carbocycles. The number of hydrogen-bond donors (Lipinski definition) is 0. The van der Waals surface area contributed by atoms with Crippen LogP contribution in [-0.4, -0.2) is 4.98 Å². The van der Waals surface area contributed by atoms with E-state index < -0.39 is 0 Å². The van der Waals surface area contributed by atoms with Crippen molar-refractivity contribution < 1.29 is 2.74 Å². The molecule has 0 fully saturated rings. The Kier molecular flexibility index (Phi) is 2.01. The molecular formula is C5H2Br2IN. The van der Waals surface area contributed by atoms with Crippen LogP contribution in [0.15, 0.2) is 21.3 Å². The van der Waals surface area contributed by atoms with Crippen LogP contribution in [0.4, 0.5) is 0 Å². The Hall–Kier alpha value is 0.840. The second-order valence-corrected chi connectivity index (χ2v) is 3.89. The van der Waals surface area contributed by atoms with Gasteiger partial charge < -0.3 is 0 Å². The van der Waals surface area contributed by atoms with Gasteiger partial charge in [0.1, 0.15) is 4.60 Å². The molecule has 1 nitrogen and oxygen atoms in total. The molecule has 0 saturated heterocycles. The molecule has 0 amide bonds. The van der Waals surface area contributed by atoms with Crippen LogP contribution in [0.3, 0.4) is 0 Å². The lowest BCUT2D eigenvalue weighted by Crippen LogP contribution is -1.79. The molecule has 1 rings (SSSR count). The first-order valence-electron chi connectivity index (χ1n) is 3.01. The van der Waals surface area contributed by atoms with Crippen LogP contribution in [0.5, 0.6) is 0 Å². The highest BCUT2D eigenvalue weighted by Gasteiger charge is 1.98. The number of pyridine rings is 1. The van der Waals surface area contributed by atoms with Gasteiger partial charge in [-0.3, -0.25) is 0 Å². The SMILES string of the molecule is [2H]c1nc(Br)c(I)c(Br)c1[2H]. The van der Waals surface area contributed by atoms with Gasteiger partial charge in [0.05, 0.1) is 6.31 Å². The quantitative estimate of drug-likeness (QED) is 0.509. The zero-order chi connectivity index (χ0) is 8.59. The minimum absolute atomic E-state index is 0.0239. The molecule has 0 radical (unpaired) electrons. The molecule has 0 aliphatic rings. The van der Waals surface area contributed by atoms with E-state index in [9.17, 15) is 0 Å². The van der Waals surface area contributed by atoms with Crippen molar-refractivity contribution in [2.75, 3.05) is 0 Å². The van der Waals surface area contributed by atoms with Crippen molar-refractivity contribution in [1.82, 2.24) is 4.98 Å². The topological polar surface area (TPSA) is 12.9 Å². The van der Waals surface area contributed by atoms with Crippen molar-refractivity contribution in [3.63, 3.8) is 0 Å². The predicted octanol–water partition coefficient (Wildman–Crippen LogP) is 3.21. The van der Waals surface area contributed by atoms with Gasteiger partial charge in [0, 0.05) is 10.6 Å². The molecule has 1 heterocycles. The van der Waals surface area contributed by atoms with Crippen LogP contribution in [-0.2, 0) is 0 Å². The van der Waals surface area contributed by atoms with Crippen LogP contribution < -0.4 is 0 Å². The fourth-order valence-electron chi connectivity index (χ4n) is 0.321. The molecule has 1 aromatic rings. The minimum atomic E-state index is -0.0239. The molecular weight excluding hydrogens is 361 g/mol. The summed E-state index contributed by atoms with van der Waals surface area (Å²) in [6.07, 6.45) is -0.0239. The minimum Gasteiger partial charge on any atom is -0.248 e. The van der Waals surface area contributed by atoms with E-state index in [4.69, 9.17) is 2.74 Å². The molecule has 0 atom stereocenters. The lowest BCUT2D eigenvalue weighted by Gasteiger charge is -1.94. The summed E-state index contributed by atoms with van der Waals surface area (Å²) in [5.41, 5.74) is 0. The molecule has 4 heteroatoms. The second-order valence-electron chi connectivity index (χ2n) is 1.27. The van der Waals surface area contributed by atoms with E-state index in [-0.39, 0.29) is 12.2 Å². The summed E-state index contributed by atoms with van der Waals surface area (Å²) in [7, 11) is 0. The normalized spacial score (nSPS) is 12.8. The van der Waals surface area contributed by atoms with Gasteiger partial charge in [-0.05, 0) is 60.5 Å². The van der Waals surface area contributed by atoms with Crippen LogP contribution in [0.2, 0.25) is 0 Å². The predicted molar refractivity (Wildman–Crippen MR) is 52.4 cm³/mol. The van der Waals surface area contributed by atoms with Gasteiger partial charge in [-0.25, -0.2) is 4.98 Å². The summed E-state index contributed by atoms with van der Waals surface area (Å²) in [5, 5.41) is 0. The third kappa shape index (κ3) is 1.88. The summed E-state index contributed by atoms with van der Waals surface area (Å²) < 4.78 is 16.6. The first-order chi connectivity index (χ1) is 5.04. The average Bonchev–Trinajstić information content (AvgIpc) is 1.97. The van der Waals surface area contributed by atoms with Crippen molar-refractivity contribution in [1.29, 1.82) is 0 Å². The fourth-order valence-corrected chi connectivity index (χ4v) is 1.41. The Balaban J connectivity index is 3.46. The molecule has 0 spiro atoms. The maximum atomic E-state index is 7.36. The zero-order valence-corrected chi connectivity index (χ0v) is 9.41. The Bertz CT molecular complexity index is 279. The largest absolute Gasteiger partial charge is 0.248 e. The van der Waals surface area contributed by atoms with E-state index in [1.54, 1.807) is 0 Å². The van der Waals surface area contributed by atoms with Crippen molar-refractivity contribution in [2.24, 2.45) is 0 Å². The molecule has 1 aromatic heterocycles. The number of halogens is 3. The monoisotopic (exact) mass is 363 g/mol. The molecule has 9 heavy (non-hydrogen) atoms. The Morgan fingerprint density at radius 1 is 1.67 bits per heavy atom. The van der Waals surface area contributed by atoms with Crippen LogP contribution >= 0.6 is 54.5 Å². The van der Waals surface area contributed by atoms with E-state index in [2.05, 4.69) is 59.4 Å². The third-order valence-corrected chi connectivity index (χ3v) is 4.39. The Morgan fingerprint density at radius 3 is 3.00 bits per heavy atom. The van der Waals surface area contributed by atoms with Crippen LogP contribution in [0.25, 0.3) is 0 Å². The summed E-state index contributed by atoms with van der Waals surface area (Å²) in [6, 6.07) is 0.123. The van der Waals surface area contributed by atoms with Crippen LogP contribution in [0, 0.1) is 3.57 Å². The van der Waals surface area contributed by atoms with Gasteiger partial charge in [0.15, 0.2) is 0 Å². The molecule has 0 unspecified atom stereocenters. The summed E-state index contributed by atoms with van der Waals surface area (Å²) in [5.74, 6) is 0. The number of aromatic nitrogens is 1. The van der Waals surface area contributed by atoms with E-state index in [0.29, 0.717) is 9.08 Å². The maximum Gasteiger partial charge on any atom is 0.120 e. The first kappa shape index (κ1) is 5.49. The summed E-state index contributed by atoms with van der Waals surface area (Å²) in [4.78, 5) is 3.79. The van der Waals surface area contributed by atoms with E-state index in [1.807, 2.05) is 0 Å². The molecule has 0 aromatic carbocycles. The molecule has 48 valence electrons. The zero-order valence-electron chi connectivity index (χ0n) is 6.08. The van der Waals surface area contributed by atoms with Gasteiger partial charge in [0.2, 0.25) is 0 Å². The van der Waals surface area contributed by atoms with Gasteiger partial charge in [0.25, 0.3) is 0 Å². The van der Waals surface area contributed by atoms with E-state index >= 15 is 0 Å². The Morgan fingerprint density at radius 2 is 2.33 bits per heavy atom. The van der Waals surface area contributed by atoms with Crippen molar-refractivity contribution >= 4 is 54.5 Å². The highest BCUT2D eigenvalue weighted by atomic mass is 127. The van der Waals surface area contributed by atoms with Gasteiger partial charge in [-0.15, -0.1) is 0 Å². The maximum absolute atomic E-state index is 7.36. The lowest BCUT2D eigenvalue weighted by molar-refractivity contribution is 1.24. The van der Waals surface area contributed by atoms with Crippen molar-refractivity contribution in [3.8, 4) is 0 Å². The Labute approximate surface area is 86.5 Å². The van der Waals surface area contributed by atoms with Crippen molar-refractivity contribution in [3.05, 3.63) is 24.9 Å². The molecule has 0 saturated carbocycles. The second kappa shape index (κ2) is 3.30. The lowest BCUT2D eigenvalue weighted by atomic mass is 10.5. The molecule has 0 aliphatic heterocycles. The third-order valence-electron chi connectivity index (χ3n) is 0.694. The van der Waals surface area contributed by atoms with Gasteiger partial charge >= 0.3 is 0 Å². The van der Waals surface area contributed by atoms with Crippen molar-refractivity contribution in [2.45, 2.75) is 0 Å². The number of hydrogen-bond acceptors (Lipinski definition) is 1. The first-order valence-corrected chi connectivity index (χ1v) is 4.68. The van der Waals surface area contributed by atoms with Gasteiger partial charge in [-0.2, -0.15) is 0 Å². The highest BCUT2D eigenvalue weighted by Crippen LogP contribution is 2.23. The highest BCUT2D eigenvalue weighted by molar-refractivity contribution is 14.1. The van der Waals surface area contributed by atoms with Crippen LogP contribution in [0.1, 0.15) is 2.74 Å². The summed E-state index contributed by atoms with van der Waals surface area (Å²) in [6.45, 7) is 0. The number of nitrogens with zero attached hydrogens (tertiary/aromatic N) is 1. The summed E-state index contributed by atoms with van der Waals surface area (Å²) >= 11 is 8.43. The molecule has 0 N–H and O–H groups in total.